The van der Waals surface area contributed by atoms with Crippen molar-refractivity contribution in [2.45, 2.75) is 26.2 Å². The van der Waals surface area contributed by atoms with Crippen molar-refractivity contribution in [3.63, 3.8) is 0 Å². The fourth-order valence-corrected chi connectivity index (χ4v) is 7.57. The minimum absolute atomic E-state index is 0.765. The molecule has 0 saturated heterocycles. The second-order valence-electron chi connectivity index (χ2n) is 4.11. The van der Waals surface area contributed by atoms with Crippen LogP contribution in [0.5, 0.6) is 0 Å². The normalized spacial score (nSPS) is 15.7. The van der Waals surface area contributed by atoms with Crippen LogP contribution in [0.2, 0.25) is 19.3 Å². The summed E-state index contributed by atoms with van der Waals surface area (Å²) in [6, 6.07) is 0. The van der Waals surface area contributed by atoms with Crippen LogP contribution in [0.1, 0.15) is 6.92 Å². The van der Waals surface area contributed by atoms with Crippen LogP contribution in [0.25, 0.3) is 0 Å². The first-order chi connectivity index (χ1) is 3.95. The third kappa shape index (κ3) is 6.65. The van der Waals surface area contributed by atoms with Crippen LogP contribution in [-0.4, -0.2) is 24.9 Å². The summed E-state index contributed by atoms with van der Waals surface area (Å²) in [4.78, 5) is 7.38. The molecule has 0 bridgehead atoms. The van der Waals surface area contributed by atoms with Crippen molar-refractivity contribution in [1.29, 1.82) is 0 Å². The Kier molecular flexibility index (Phi) is 4.13. The SMILES string of the molecule is CC(CN)[CH2][Sn]([CH3])([CH3])[CH3]. The van der Waals surface area contributed by atoms with E-state index in [9.17, 15) is 0 Å². The molecule has 0 aliphatic rings. The molecule has 0 spiro atoms. The van der Waals surface area contributed by atoms with Crippen molar-refractivity contribution in [2.24, 2.45) is 11.7 Å². The Hall–Kier alpha value is 0.759. The molecule has 0 aromatic rings. The van der Waals surface area contributed by atoms with E-state index in [1.54, 1.807) is 0 Å². The fourth-order valence-electron chi connectivity index (χ4n) is 1.13. The molecule has 0 aliphatic carbocycles. The summed E-state index contributed by atoms with van der Waals surface area (Å²) >= 11 is -1.47. The number of hydrogen-bond donors (Lipinski definition) is 1. The van der Waals surface area contributed by atoms with E-state index in [4.69, 9.17) is 5.73 Å². The van der Waals surface area contributed by atoms with Gasteiger partial charge in [0, 0.05) is 0 Å². The van der Waals surface area contributed by atoms with Gasteiger partial charge in [0.1, 0.15) is 0 Å². The molecule has 0 rings (SSSR count). The van der Waals surface area contributed by atoms with Gasteiger partial charge in [-0.15, -0.1) is 0 Å². The van der Waals surface area contributed by atoms with Crippen molar-refractivity contribution in [3.05, 3.63) is 0 Å². The molecular weight excluding hydrogens is 217 g/mol. The average Bonchev–Trinajstić information content (AvgIpc) is 1.62. The molecule has 1 nitrogen and oxygen atoms in total. The van der Waals surface area contributed by atoms with Gasteiger partial charge in [-0.3, -0.25) is 0 Å². The maximum absolute atomic E-state index is 5.51. The zero-order valence-corrected chi connectivity index (χ0v) is 9.92. The van der Waals surface area contributed by atoms with Crippen molar-refractivity contribution in [1.82, 2.24) is 0 Å². The zero-order valence-electron chi connectivity index (χ0n) is 7.07. The summed E-state index contributed by atoms with van der Waals surface area (Å²) in [5, 5.41) is 0. The van der Waals surface area contributed by atoms with E-state index < -0.39 is 18.4 Å². The molecule has 0 saturated carbocycles. The quantitative estimate of drug-likeness (QED) is 0.744. The summed E-state index contributed by atoms with van der Waals surface area (Å²) in [6.07, 6.45) is 0. The molecule has 0 amide bonds. The maximum atomic E-state index is 5.51. The molecule has 0 radical (unpaired) electrons. The monoisotopic (exact) mass is 237 g/mol. The van der Waals surface area contributed by atoms with E-state index in [0.29, 0.717) is 0 Å². The van der Waals surface area contributed by atoms with E-state index in [0.717, 1.165) is 12.5 Å². The Bertz CT molecular complexity index is 75.5. The summed E-state index contributed by atoms with van der Waals surface area (Å²) in [6.45, 7) is 3.12. The van der Waals surface area contributed by atoms with Gasteiger partial charge in [-0.05, 0) is 0 Å². The molecule has 2 N–H and O–H groups in total. The number of rotatable bonds is 3. The molecule has 56 valence electrons. The zero-order chi connectivity index (χ0) is 7.49. The van der Waals surface area contributed by atoms with Crippen LogP contribution in [0.4, 0.5) is 0 Å². The van der Waals surface area contributed by atoms with Gasteiger partial charge >= 0.3 is 62.8 Å². The Morgan fingerprint density at radius 2 is 1.78 bits per heavy atom. The Morgan fingerprint density at radius 1 is 1.33 bits per heavy atom. The van der Waals surface area contributed by atoms with E-state index in [1.165, 1.54) is 4.44 Å². The molecule has 9 heavy (non-hydrogen) atoms. The molecule has 0 aromatic heterocycles. The fraction of sp³-hybridized carbons (Fsp3) is 1.00. The third-order valence-corrected chi connectivity index (χ3v) is 6.85. The first-order valence-electron chi connectivity index (χ1n) is 3.66. The van der Waals surface area contributed by atoms with Crippen molar-refractivity contribution in [3.8, 4) is 0 Å². The van der Waals surface area contributed by atoms with E-state index >= 15 is 0 Å². The van der Waals surface area contributed by atoms with Gasteiger partial charge in [0.15, 0.2) is 0 Å². The summed E-state index contributed by atoms with van der Waals surface area (Å²) in [5.74, 6) is 0.765. The minimum atomic E-state index is -1.47. The molecule has 0 aliphatic heterocycles. The Balaban J connectivity index is 3.47. The number of hydrogen-bond acceptors (Lipinski definition) is 1. The van der Waals surface area contributed by atoms with E-state index in [-0.39, 0.29) is 0 Å². The van der Waals surface area contributed by atoms with Crippen molar-refractivity contribution >= 4 is 18.4 Å². The first-order valence-corrected chi connectivity index (χ1v) is 14.2. The van der Waals surface area contributed by atoms with Crippen molar-refractivity contribution in [2.75, 3.05) is 6.54 Å². The second-order valence-corrected chi connectivity index (χ2v) is 19.9. The van der Waals surface area contributed by atoms with E-state index in [1.807, 2.05) is 0 Å². The van der Waals surface area contributed by atoms with Gasteiger partial charge in [-0.2, -0.15) is 0 Å². The van der Waals surface area contributed by atoms with Gasteiger partial charge in [0.2, 0.25) is 0 Å². The van der Waals surface area contributed by atoms with Crippen LogP contribution in [-0.2, 0) is 0 Å². The first kappa shape index (κ1) is 9.76. The predicted molar refractivity (Wildman–Crippen MR) is 46.4 cm³/mol. The van der Waals surface area contributed by atoms with Gasteiger partial charge in [-0.25, -0.2) is 0 Å². The molecule has 1 atom stereocenters. The Labute approximate surface area is 62.9 Å². The topological polar surface area (TPSA) is 26.0 Å². The standard InChI is InChI=1S/C4H10N.3CH3.Sn/c1-4(2)3-5;;;;/h4H,1,3,5H2,2H3;3*1H3;. The van der Waals surface area contributed by atoms with Gasteiger partial charge in [0.25, 0.3) is 0 Å². The van der Waals surface area contributed by atoms with Crippen LogP contribution in [0, 0.1) is 5.92 Å². The molecule has 2 heteroatoms. The van der Waals surface area contributed by atoms with Gasteiger partial charge in [0.05, 0.1) is 0 Å². The number of nitrogens with two attached hydrogens (primary N) is 1. The molecule has 0 fully saturated rings. The molecular formula is C7H19NSn. The van der Waals surface area contributed by atoms with Crippen LogP contribution in [0.3, 0.4) is 0 Å². The predicted octanol–water partition coefficient (Wildman–Crippen LogP) is 1.92. The van der Waals surface area contributed by atoms with Crippen LogP contribution < -0.4 is 5.73 Å². The van der Waals surface area contributed by atoms with E-state index in [2.05, 4.69) is 21.7 Å². The summed E-state index contributed by atoms with van der Waals surface area (Å²) in [5.41, 5.74) is 5.51. The molecule has 0 aromatic carbocycles. The van der Waals surface area contributed by atoms with Crippen LogP contribution >= 0.6 is 0 Å². The summed E-state index contributed by atoms with van der Waals surface area (Å²) in [7, 11) is 0. The van der Waals surface area contributed by atoms with Crippen LogP contribution in [0.15, 0.2) is 0 Å². The molecule has 1 unspecified atom stereocenters. The Morgan fingerprint density at radius 3 is 1.89 bits per heavy atom. The van der Waals surface area contributed by atoms with Gasteiger partial charge in [-0.1, -0.05) is 0 Å². The van der Waals surface area contributed by atoms with Crippen molar-refractivity contribution < 1.29 is 0 Å². The second kappa shape index (κ2) is 3.81. The summed E-state index contributed by atoms with van der Waals surface area (Å²) < 4.78 is 1.44. The molecule has 0 heterocycles. The third-order valence-electron chi connectivity index (χ3n) is 1.36. The van der Waals surface area contributed by atoms with Gasteiger partial charge < -0.3 is 0 Å². The average molecular weight is 236 g/mol.